The van der Waals surface area contributed by atoms with Crippen LogP contribution in [0.25, 0.3) is 10.9 Å². The number of hydrogen-bond acceptors (Lipinski definition) is 4. The Morgan fingerprint density at radius 1 is 1.08 bits per heavy atom. The fourth-order valence-corrected chi connectivity index (χ4v) is 4.32. The van der Waals surface area contributed by atoms with Gasteiger partial charge in [-0.25, -0.2) is 0 Å². The van der Waals surface area contributed by atoms with Crippen molar-refractivity contribution in [2.75, 3.05) is 26.8 Å². The van der Waals surface area contributed by atoms with E-state index < -0.39 is 5.79 Å². The maximum atomic E-state index is 6.18. The molecule has 0 atom stereocenters. The Balaban J connectivity index is 1.66. The first-order valence-electron chi connectivity index (χ1n) is 9.23. The van der Waals surface area contributed by atoms with E-state index in [0.717, 1.165) is 25.1 Å². The number of pyridine rings is 1. The number of aromatic nitrogens is 2. The summed E-state index contributed by atoms with van der Waals surface area (Å²) in [6.45, 7) is 3.94. The molecule has 2 aliphatic rings. The minimum absolute atomic E-state index is 0.615. The number of para-hydroxylation sites is 1. The average Bonchev–Trinajstić information content (AvgIpc) is 3.27. The van der Waals surface area contributed by atoms with E-state index in [0.29, 0.717) is 19.8 Å². The second kappa shape index (κ2) is 6.20. The largest absolute Gasteiger partial charge is 0.342 e. The molecule has 26 heavy (non-hydrogen) atoms. The minimum Gasteiger partial charge on any atom is -0.342 e. The van der Waals surface area contributed by atoms with Gasteiger partial charge < -0.3 is 18.9 Å². The Morgan fingerprint density at radius 3 is 2.65 bits per heavy atom. The van der Waals surface area contributed by atoms with Gasteiger partial charge in [0.05, 0.1) is 19.8 Å². The quantitative estimate of drug-likeness (QED) is 0.729. The molecule has 134 valence electrons. The number of benzene rings is 1. The smallest absolute Gasteiger partial charge is 0.213 e. The Labute approximate surface area is 153 Å². The summed E-state index contributed by atoms with van der Waals surface area (Å²) < 4.78 is 14.8. The van der Waals surface area contributed by atoms with Gasteiger partial charge in [-0.15, -0.1) is 0 Å². The molecule has 0 unspecified atom stereocenters. The van der Waals surface area contributed by atoms with Crippen molar-refractivity contribution in [2.24, 2.45) is 0 Å². The summed E-state index contributed by atoms with van der Waals surface area (Å²) in [4.78, 5) is 6.53. The molecule has 0 amide bonds. The van der Waals surface area contributed by atoms with Crippen LogP contribution in [0.4, 0.5) is 0 Å². The van der Waals surface area contributed by atoms with Crippen LogP contribution < -0.4 is 0 Å². The fourth-order valence-electron chi connectivity index (χ4n) is 4.32. The van der Waals surface area contributed by atoms with E-state index in [1.165, 1.54) is 22.2 Å². The molecule has 1 fully saturated rings. The average molecular weight is 349 g/mol. The Hall–Kier alpha value is -2.21. The highest BCUT2D eigenvalue weighted by Crippen LogP contribution is 2.37. The lowest BCUT2D eigenvalue weighted by atomic mass is 10.0. The molecule has 5 heteroatoms. The van der Waals surface area contributed by atoms with Crippen LogP contribution in [0, 0.1) is 0 Å². The lowest BCUT2D eigenvalue weighted by molar-refractivity contribution is -0.175. The maximum absolute atomic E-state index is 6.18. The number of ether oxygens (including phenoxy) is 2. The maximum Gasteiger partial charge on any atom is 0.213 e. The highest BCUT2D eigenvalue weighted by atomic mass is 16.7. The summed E-state index contributed by atoms with van der Waals surface area (Å²) in [5.74, 6) is -0.742. The zero-order chi connectivity index (χ0) is 17.6. The number of nitrogens with zero attached hydrogens (tertiary/aromatic N) is 3. The second-order valence-electron chi connectivity index (χ2n) is 7.20. The SMILES string of the molecule is CN1CCc2c(n(CC3(c4ccncc4)OCCO3)c3ccccc23)C1. The zero-order valence-corrected chi connectivity index (χ0v) is 15.0. The fraction of sp³-hybridized carbons (Fsp3) is 0.381. The monoisotopic (exact) mass is 349 g/mol. The summed E-state index contributed by atoms with van der Waals surface area (Å²) in [5, 5.41) is 1.36. The summed E-state index contributed by atoms with van der Waals surface area (Å²) in [7, 11) is 2.19. The molecule has 5 rings (SSSR count). The lowest BCUT2D eigenvalue weighted by Gasteiger charge is -2.31. The van der Waals surface area contributed by atoms with Gasteiger partial charge in [0.15, 0.2) is 0 Å². The van der Waals surface area contributed by atoms with Crippen LogP contribution >= 0.6 is 0 Å². The molecule has 2 aliphatic heterocycles. The van der Waals surface area contributed by atoms with Crippen molar-refractivity contribution in [1.82, 2.24) is 14.5 Å². The van der Waals surface area contributed by atoms with Crippen LogP contribution in [-0.2, 0) is 34.8 Å². The topological polar surface area (TPSA) is 39.5 Å². The van der Waals surface area contributed by atoms with Crippen molar-refractivity contribution in [3.8, 4) is 0 Å². The highest BCUT2D eigenvalue weighted by Gasteiger charge is 2.40. The molecule has 3 aromatic rings. The van der Waals surface area contributed by atoms with Gasteiger partial charge in [-0.1, -0.05) is 18.2 Å². The molecule has 4 heterocycles. The minimum atomic E-state index is -0.742. The summed E-state index contributed by atoms with van der Waals surface area (Å²) in [5.41, 5.74) is 5.15. The third kappa shape index (κ3) is 2.47. The zero-order valence-electron chi connectivity index (χ0n) is 15.0. The summed E-state index contributed by atoms with van der Waals surface area (Å²) >= 11 is 0. The predicted octanol–water partition coefficient (Wildman–Crippen LogP) is 2.92. The van der Waals surface area contributed by atoms with Crippen molar-refractivity contribution in [1.29, 1.82) is 0 Å². The van der Waals surface area contributed by atoms with Crippen LogP contribution in [0.5, 0.6) is 0 Å². The molecule has 0 aliphatic carbocycles. The first-order valence-corrected chi connectivity index (χ1v) is 9.23. The van der Waals surface area contributed by atoms with E-state index in [1.54, 1.807) is 12.4 Å². The molecule has 1 aromatic carbocycles. The van der Waals surface area contributed by atoms with Crippen molar-refractivity contribution in [3.63, 3.8) is 0 Å². The number of rotatable bonds is 3. The molecule has 5 nitrogen and oxygen atoms in total. The van der Waals surface area contributed by atoms with Crippen molar-refractivity contribution >= 4 is 10.9 Å². The van der Waals surface area contributed by atoms with E-state index >= 15 is 0 Å². The van der Waals surface area contributed by atoms with Crippen LogP contribution in [0.3, 0.4) is 0 Å². The molecule has 0 N–H and O–H groups in total. The molecule has 2 aromatic heterocycles. The number of fused-ring (bicyclic) bond motifs is 3. The molecule has 0 bridgehead atoms. The third-order valence-corrected chi connectivity index (χ3v) is 5.60. The summed E-state index contributed by atoms with van der Waals surface area (Å²) in [6.07, 6.45) is 4.70. The molecule has 1 saturated heterocycles. The predicted molar refractivity (Wildman–Crippen MR) is 99.8 cm³/mol. The van der Waals surface area contributed by atoms with Gasteiger partial charge in [-0.2, -0.15) is 0 Å². The van der Waals surface area contributed by atoms with Crippen LogP contribution in [0.15, 0.2) is 48.8 Å². The van der Waals surface area contributed by atoms with Gasteiger partial charge in [0.25, 0.3) is 0 Å². The van der Waals surface area contributed by atoms with Crippen molar-refractivity contribution in [3.05, 3.63) is 65.6 Å². The van der Waals surface area contributed by atoms with Gasteiger partial charge >= 0.3 is 0 Å². The number of likely N-dealkylation sites (N-methyl/N-ethyl adjacent to an activating group) is 1. The first-order chi connectivity index (χ1) is 12.8. The van der Waals surface area contributed by atoms with Crippen LogP contribution in [0.1, 0.15) is 16.8 Å². The van der Waals surface area contributed by atoms with E-state index in [2.05, 4.69) is 45.8 Å². The molecule has 0 spiro atoms. The van der Waals surface area contributed by atoms with E-state index in [-0.39, 0.29) is 0 Å². The standard InChI is InChI=1S/C21H23N3O2/c1-23-11-8-18-17-4-2-3-5-19(17)24(20(18)14-23)15-21(25-12-13-26-21)16-6-9-22-10-7-16/h2-7,9-10H,8,11-15H2,1H3. The third-order valence-electron chi connectivity index (χ3n) is 5.60. The van der Waals surface area contributed by atoms with Gasteiger partial charge in [-0.05, 0) is 37.2 Å². The van der Waals surface area contributed by atoms with E-state index in [9.17, 15) is 0 Å². The molecular formula is C21H23N3O2. The van der Waals surface area contributed by atoms with Crippen LogP contribution in [-0.4, -0.2) is 41.3 Å². The van der Waals surface area contributed by atoms with Crippen molar-refractivity contribution < 1.29 is 9.47 Å². The van der Waals surface area contributed by atoms with Gasteiger partial charge in [0, 0.05) is 47.6 Å². The van der Waals surface area contributed by atoms with E-state index in [4.69, 9.17) is 9.47 Å². The summed E-state index contributed by atoms with van der Waals surface area (Å²) in [6, 6.07) is 12.7. The van der Waals surface area contributed by atoms with E-state index in [1.807, 2.05) is 12.1 Å². The molecular weight excluding hydrogens is 326 g/mol. The molecule has 0 radical (unpaired) electrons. The normalized spacial score (nSPS) is 19.7. The van der Waals surface area contributed by atoms with Crippen LogP contribution in [0.2, 0.25) is 0 Å². The number of hydrogen-bond donors (Lipinski definition) is 0. The lowest BCUT2D eigenvalue weighted by Crippen LogP contribution is -2.35. The van der Waals surface area contributed by atoms with Gasteiger partial charge in [-0.3, -0.25) is 4.98 Å². The second-order valence-corrected chi connectivity index (χ2v) is 7.20. The Morgan fingerprint density at radius 2 is 1.85 bits per heavy atom. The van der Waals surface area contributed by atoms with Gasteiger partial charge in [0.2, 0.25) is 5.79 Å². The highest BCUT2D eigenvalue weighted by molar-refractivity contribution is 5.86. The Kier molecular flexibility index (Phi) is 3.81. The first kappa shape index (κ1) is 16.0. The van der Waals surface area contributed by atoms with Gasteiger partial charge in [0.1, 0.15) is 0 Å². The Bertz CT molecular complexity index is 929. The van der Waals surface area contributed by atoms with Crippen molar-refractivity contribution in [2.45, 2.75) is 25.3 Å². The molecule has 0 saturated carbocycles.